The first-order chi connectivity index (χ1) is 13.8. The molecule has 3 rings (SSSR count). The molecule has 0 atom stereocenters. The van der Waals surface area contributed by atoms with E-state index in [0.717, 1.165) is 0 Å². The number of hydrogen-bond acceptors (Lipinski definition) is 4. The van der Waals surface area contributed by atoms with E-state index < -0.39 is 12.8 Å². The van der Waals surface area contributed by atoms with Gasteiger partial charge in [-0.2, -0.15) is 13.2 Å². The lowest BCUT2D eigenvalue weighted by atomic mass is 10.2. The third-order valence-electron chi connectivity index (χ3n) is 4.65. The molecule has 1 amide bonds. The number of aromatic nitrogens is 2. The molecule has 1 aliphatic heterocycles. The van der Waals surface area contributed by atoms with Crippen LogP contribution in [0.3, 0.4) is 0 Å². The Labute approximate surface area is 165 Å². The lowest BCUT2D eigenvalue weighted by Crippen LogP contribution is -2.49. The van der Waals surface area contributed by atoms with Crippen molar-refractivity contribution in [3.05, 3.63) is 48.3 Å². The molecule has 158 valence electrons. The van der Waals surface area contributed by atoms with E-state index in [1.807, 2.05) is 0 Å². The molecule has 1 fully saturated rings. The van der Waals surface area contributed by atoms with Crippen molar-refractivity contribution in [3.63, 3.8) is 0 Å². The van der Waals surface area contributed by atoms with E-state index >= 15 is 0 Å². The molecule has 6 nitrogen and oxygen atoms in total. The Kier molecular flexibility index (Phi) is 6.86. The van der Waals surface area contributed by atoms with Crippen LogP contribution < -0.4 is 0 Å². The number of ether oxygens (including phenoxy) is 1. The van der Waals surface area contributed by atoms with Crippen molar-refractivity contribution >= 4 is 5.91 Å². The van der Waals surface area contributed by atoms with Gasteiger partial charge in [0.15, 0.2) is 0 Å². The summed E-state index contributed by atoms with van der Waals surface area (Å²) in [6.07, 6.45) is -0.804. The minimum atomic E-state index is -4.30. The molecule has 0 radical (unpaired) electrons. The zero-order valence-corrected chi connectivity index (χ0v) is 15.7. The zero-order chi connectivity index (χ0) is 20.9. The number of hydrogen-bond donors (Lipinski definition) is 0. The Bertz CT molecular complexity index is 799. The molecule has 1 aromatic heterocycles. The quantitative estimate of drug-likeness (QED) is 0.517. The largest absolute Gasteiger partial charge is 0.411 e. The van der Waals surface area contributed by atoms with Gasteiger partial charge in [0.25, 0.3) is 5.91 Å². The molecular weight excluding hydrogens is 392 g/mol. The summed E-state index contributed by atoms with van der Waals surface area (Å²) in [5.74, 6) is -0.526. The summed E-state index contributed by atoms with van der Waals surface area (Å²) in [5, 5.41) is 0. The Morgan fingerprint density at radius 2 is 1.79 bits per heavy atom. The average molecular weight is 414 g/mol. The zero-order valence-electron chi connectivity index (χ0n) is 15.7. The normalized spacial score (nSPS) is 15.7. The van der Waals surface area contributed by atoms with Crippen LogP contribution in [0.5, 0.6) is 0 Å². The molecule has 1 aliphatic rings. The number of halogens is 4. The second-order valence-electron chi connectivity index (χ2n) is 6.78. The summed E-state index contributed by atoms with van der Waals surface area (Å²) in [6.45, 7) is 1.74. The van der Waals surface area contributed by atoms with E-state index in [2.05, 4.69) is 14.6 Å². The highest BCUT2D eigenvalue weighted by Gasteiger charge is 2.27. The predicted octanol–water partition coefficient (Wildman–Crippen LogP) is 2.74. The first kappa shape index (κ1) is 21.3. The molecule has 0 unspecified atom stereocenters. The topological polar surface area (TPSA) is 50.6 Å². The van der Waals surface area contributed by atoms with Crippen LogP contribution in [-0.2, 0) is 4.74 Å². The second-order valence-corrected chi connectivity index (χ2v) is 6.78. The molecule has 2 aromatic rings. The molecule has 0 spiro atoms. The highest BCUT2D eigenvalue weighted by molar-refractivity contribution is 5.93. The van der Waals surface area contributed by atoms with Gasteiger partial charge in [0.05, 0.1) is 12.5 Å². The summed E-state index contributed by atoms with van der Waals surface area (Å²) >= 11 is 0. The van der Waals surface area contributed by atoms with Gasteiger partial charge in [-0.05, 0) is 30.7 Å². The van der Waals surface area contributed by atoms with Gasteiger partial charge in [0.1, 0.15) is 18.1 Å². The number of imidazole rings is 1. The number of carbonyl (C=O) groups excluding carboxylic acids is 1. The third-order valence-corrected chi connectivity index (χ3v) is 4.65. The van der Waals surface area contributed by atoms with Crippen LogP contribution in [0.2, 0.25) is 0 Å². The summed E-state index contributed by atoms with van der Waals surface area (Å²) in [4.78, 5) is 20.7. The number of amides is 1. The Morgan fingerprint density at radius 1 is 1.10 bits per heavy atom. The highest BCUT2D eigenvalue weighted by Crippen LogP contribution is 2.16. The molecule has 0 bridgehead atoms. The fraction of sp³-hybridized carbons (Fsp3) is 0.474. The number of benzene rings is 1. The maximum atomic E-state index is 13.1. The second kappa shape index (κ2) is 9.36. The summed E-state index contributed by atoms with van der Waals surface area (Å²) in [6, 6.07) is 5.79. The number of nitrogens with zero attached hydrogens (tertiary/aromatic N) is 4. The summed E-state index contributed by atoms with van der Waals surface area (Å²) in [5.41, 5.74) is 1.04. The van der Waals surface area contributed by atoms with E-state index in [0.29, 0.717) is 50.5 Å². The minimum absolute atomic E-state index is 0.0511. The van der Waals surface area contributed by atoms with Gasteiger partial charge in [-0.1, -0.05) is 0 Å². The van der Waals surface area contributed by atoms with Crippen molar-refractivity contribution in [1.29, 1.82) is 0 Å². The number of piperazine rings is 1. The van der Waals surface area contributed by atoms with Crippen LogP contribution in [0.25, 0.3) is 5.69 Å². The van der Waals surface area contributed by atoms with Gasteiger partial charge in [-0.15, -0.1) is 0 Å². The summed E-state index contributed by atoms with van der Waals surface area (Å²) < 4.78 is 55.5. The minimum Gasteiger partial charge on any atom is -0.372 e. The molecule has 0 aliphatic carbocycles. The third kappa shape index (κ3) is 6.01. The standard InChI is InChI=1S/C19H22F4N4O2/c20-15-2-4-16(5-3-15)27-14-24-12-17(27)18(28)26-9-7-25(8-10-26)6-1-11-29-13-19(21,22)23/h2-5,12,14H,1,6-11,13H2. The Morgan fingerprint density at radius 3 is 2.45 bits per heavy atom. The predicted molar refractivity (Wildman–Crippen MR) is 97.4 cm³/mol. The lowest BCUT2D eigenvalue weighted by molar-refractivity contribution is -0.174. The van der Waals surface area contributed by atoms with Crippen LogP contribution in [0.15, 0.2) is 36.8 Å². The van der Waals surface area contributed by atoms with Crippen LogP contribution in [-0.4, -0.2) is 77.4 Å². The molecule has 2 heterocycles. The lowest BCUT2D eigenvalue weighted by Gasteiger charge is -2.34. The molecule has 0 saturated carbocycles. The smallest absolute Gasteiger partial charge is 0.372 e. The van der Waals surface area contributed by atoms with Crippen LogP contribution in [0.1, 0.15) is 16.9 Å². The number of rotatable bonds is 7. The van der Waals surface area contributed by atoms with Crippen molar-refractivity contribution in [2.45, 2.75) is 12.6 Å². The van der Waals surface area contributed by atoms with Crippen molar-refractivity contribution in [1.82, 2.24) is 19.4 Å². The van der Waals surface area contributed by atoms with Crippen molar-refractivity contribution in [2.24, 2.45) is 0 Å². The van der Waals surface area contributed by atoms with Crippen molar-refractivity contribution < 1.29 is 27.1 Å². The molecule has 0 N–H and O–H groups in total. The number of alkyl halides is 3. The fourth-order valence-corrected chi connectivity index (χ4v) is 3.18. The van der Waals surface area contributed by atoms with Crippen molar-refractivity contribution in [2.75, 3.05) is 45.9 Å². The molecule has 29 heavy (non-hydrogen) atoms. The summed E-state index contributed by atoms with van der Waals surface area (Å²) in [7, 11) is 0. The van der Waals surface area contributed by atoms with Gasteiger partial charge in [-0.25, -0.2) is 9.37 Å². The van der Waals surface area contributed by atoms with Crippen LogP contribution >= 0.6 is 0 Å². The van der Waals surface area contributed by atoms with Gasteiger partial charge >= 0.3 is 6.18 Å². The van der Waals surface area contributed by atoms with Gasteiger partial charge in [-0.3, -0.25) is 14.3 Å². The molecule has 1 saturated heterocycles. The number of carbonyl (C=O) groups is 1. The molecule has 10 heteroatoms. The highest BCUT2D eigenvalue weighted by atomic mass is 19.4. The maximum Gasteiger partial charge on any atom is 0.411 e. The monoisotopic (exact) mass is 414 g/mol. The van der Waals surface area contributed by atoms with Gasteiger partial charge < -0.3 is 9.64 Å². The Balaban J connectivity index is 1.47. The average Bonchev–Trinajstić information content (AvgIpc) is 3.17. The van der Waals surface area contributed by atoms with Gasteiger partial charge in [0, 0.05) is 45.0 Å². The SMILES string of the molecule is O=C(c1cncn1-c1ccc(F)cc1)N1CCN(CCCOCC(F)(F)F)CC1. The maximum absolute atomic E-state index is 13.1. The Hall–Kier alpha value is -2.46. The van der Waals surface area contributed by atoms with E-state index in [4.69, 9.17) is 0 Å². The van der Waals surface area contributed by atoms with Gasteiger partial charge in [0.2, 0.25) is 0 Å². The first-order valence-electron chi connectivity index (χ1n) is 9.28. The first-order valence-corrected chi connectivity index (χ1v) is 9.28. The van der Waals surface area contributed by atoms with Crippen LogP contribution in [0.4, 0.5) is 17.6 Å². The van der Waals surface area contributed by atoms with Crippen LogP contribution in [0, 0.1) is 5.82 Å². The van der Waals surface area contributed by atoms with E-state index in [-0.39, 0.29) is 18.3 Å². The molecular formula is C19H22F4N4O2. The fourth-order valence-electron chi connectivity index (χ4n) is 3.18. The van der Waals surface area contributed by atoms with E-state index in [1.54, 1.807) is 21.6 Å². The van der Waals surface area contributed by atoms with Crippen molar-refractivity contribution in [3.8, 4) is 5.69 Å². The van der Waals surface area contributed by atoms with E-state index in [1.165, 1.54) is 24.7 Å². The molecule has 1 aromatic carbocycles. The van der Waals surface area contributed by atoms with E-state index in [9.17, 15) is 22.4 Å².